The topological polar surface area (TPSA) is 37.5 Å². The molecule has 7 rings (SSSR count). The molecular formula is C27H26N3O2+. The molecular weight excluding hydrogens is 398 g/mol. The van der Waals surface area contributed by atoms with Crippen molar-refractivity contribution in [1.82, 2.24) is 9.47 Å². The molecule has 0 radical (unpaired) electrons. The molecule has 1 saturated heterocycles. The predicted octanol–water partition coefficient (Wildman–Crippen LogP) is 4.21. The van der Waals surface area contributed by atoms with Crippen LogP contribution < -0.4 is 10.3 Å². The van der Waals surface area contributed by atoms with Crippen LogP contribution in [0.1, 0.15) is 24.0 Å². The quantitative estimate of drug-likeness (QED) is 0.589. The van der Waals surface area contributed by atoms with Crippen LogP contribution in [0.5, 0.6) is 5.75 Å². The van der Waals surface area contributed by atoms with E-state index in [9.17, 15) is 4.79 Å². The molecule has 32 heavy (non-hydrogen) atoms. The van der Waals surface area contributed by atoms with Crippen molar-refractivity contribution in [2.75, 3.05) is 19.6 Å². The molecule has 0 unspecified atom stereocenters. The average Bonchev–Trinajstić information content (AvgIpc) is 2.97. The van der Waals surface area contributed by atoms with Crippen molar-refractivity contribution in [2.24, 2.45) is 5.92 Å². The highest BCUT2D eigenvalue weighted by Gasteiger charge is 2.42. The van der Waals surface area contributed by atoms with Crippen LogP contribution in [0.25, 0.3) is 11.3 Å². The summed E-state index contributed by atoms with van der Waals surface area (Å²) >= 11 is 0. The molecule has 0 spiro atoms. The summed E-state index contributed by atoms with van der Waals surface area (Å²) in [5.74, 6) is 1.16. The number of hydrogen-bond donors (Lipinski definition) is 0. The number of pyridine rings is 1. The third-order valence-corrected chi connectivity index (χ3v) is 6.97. The summed E-state index contributed by atoms with van der Waals surface area (Å²) in [5.41, 5.74) is 6.96. The van der Waals surface area contributed by atoms with Gasteiger partial charge < -0.3 is 4.74 Å². The van der Waals surface area contributed by atoms with Gasteiger partial charge in [0.2, 0.25) is 5.69 Å². The Labute approximate surface area is 187 Å². The normalized spacial score (nSPS) is 21.3. The Morgan fingerprint density at radius 2 is 1.84 bits per heavy atom. The van der Waals surface area contributed by atoms with Crippen LogP contribution in [0.15, 0.2) is 77.4 Å². The molecule has 2 bridgehead atoms. The first-order chi connectivity index (χ1) is 15.7. The van der Waals surface area contributed by atoms with Gasteiger partial charge in [-0.25, -0.2) is 0 Å². The summed E-state index contributed by atoms with van der Waals surface area (Å²) in [4.78, 5) is 15.4. The van der Waals surface area contributed by atoms with Crippen LogP contribution in [-0.2, 0) is 6.61 Å². The summed E-state index contributed by atoms with van der Waals surface area (Å²) in [6, 6.07) is 19.6. The lowest BCUT2D eigenvalue weighted by molar-refractivity contribution is -0.378. The fourth-order valence-electron chi connectivity index (χ4n) is 5.30. The van der Waals surface area contributed by atoms with E-state index in [1.165, 1.54) is 42.8 Å². The molecule has 0 amide bonds. The maximum Gasteiger partial charge on any atom is 0.258 e. The minimum Gasteiger partial charge on any atom is -0.489 e. The Morgan fingerprint density at radius 1 is 1.03 bits per heavy atom. The van der Waals surface area contributed by atoms with Gasteiger partial charge in [0.05, 0.1) is 11.3 Å². The summed E-state index contributed by atoms with van der Waals surface area (Å²) in [6.45, 7) is 8.18. The number of ether oxygens (including phenoxy) is 1. The van der Waals surface area contributed by atoms with Gasteiger partial charge >= 0.3 is 0 Å². The standard InChI is InChI=1S/C27H26N3O2/c1-28-25-15-21(7-8-23(25)24-17-29-12-9-20(10-13-29)27(24)28)30-14-11-22(16-26(30)31)32-18-19-5-3-2-4-6-19/h2-8,11,14-16,20H,1,9-10,12-13,17-18H2/q+1. The lowest BCUT2D eigenvalue weighted by Gasteiger charge is -2.27. The number of nitrogens with zero attached hydrogens (tertiary/aromatic N) is 3. The van der Waals surface area contributed by atoms with Gasteiger partial charge in [0.25, 0.3) is 5.56 Å². The van der Waals surface area contributed by atoms with E-state index in [0.717, 1.165) is 23.5 Å². The van der Waals surface area contributed by atoms with Crippen molar-refractivity contribution in [2.45, 2.75) is 19.4 Å². The van der Waals surface area contributed by atoms with E-state index < -0.39 is 0 Å². The van der Waals surface area contributed by atoms with Crippen molar-refractivity contribution >= 4 is 18.0 Å². The first kappa shape index (κ1) is 19.3. The third-order valence-electron chi connectivity index (χ3n) is 6.97. The number of piperidine rings is 1. The molecule has 1 aromatic heterocycles. The number of benzene rings is 2. The smallest absolute Gasteiger partial charge is 0.258 e. The average molecular weight is 425 g/mol. The van der Waals surface area contributed by atoms with E-state index in [2.05, 4.69) is 28.3 Å². The fraction of sp³-hybridized carbons (Fsp3) is 0.259. The Bertz CT molecular complexity index is 1300. The SMILES string of the molecule is C=[N+]1C2=C(CN3CCC2CC3)c2ccc(-n3ccc(OCc4ccccc4)cc3=O)cc21. The molecule has 5 heterocycles. The molecule has 5 heteroatoms. The maximum atomic E-state index is 12.9. The van der Waals surface area contributed by atoms with Crippen molar-refractivity contribution < 1.29 is 9.31 Å². The number of aromatic nitrogens is 1. The monoisotopic (exact) mass is 424 g/mol. The minimum atomic E-state index is -0.108. The number of rotatable bonds is 4. The number of fused-ring (bicyclic) bond motifs is 3. The molecule has 3 aromatic rings. The Hall–Kier alpha value is -3.44. The van der Waals surface area contributed by atoms with Gasteiger partial charge in [-0.3, -0.25) is 14.3 Å². The predicted molar refractivity (Wildman–Crippen MR) is 126 cm³/mol. The molecule has 2 aromatic carbocycles. The van der Waals surface area contributed by atoms with Crippen molar-refractivity contribution in [3.63, 3.8) is 0 Å². The molecule has 160 valence electrons. The lowest BCUT2D eigenvalue weighted by Crippen LogP contribution is -2.32. The summed E-state index contributed by atoms with van der Waals surface area (Å²) in [7, 11) is 0. The van der Waals surface area contributed by atoms with Crippen molar-refractivity contribution in [3.05, 3.63) is 94.0 Å². The third kappa shape index (κ3) is 3.21. The van der Waals surface area contributed by atoms with E-state index in [0.29, 0.717) is 18.3 Å². The first-order valence-electron chi connectivity index (χ1n) is 11.3. The molecule has 0 N–H and O–H groups in total. The highest BCUT2D eigenvalue weighted by Crippen LogP contribution is 2.46. The van der Waals surface area contributed by atoms with Crippen LogP contribution in [0, 0.1) is 5.92 Å². The minimum absolute atomic E-state index is 0.108. The highest BCUT2D eigenvalue weighted by atomic mass is 16.5. The van der Waals surface area contributed by atoms with Crippen LogP contribution in [0.4, 0.5) is 5.69 Å². The molecule has 0 aliphatic carbocycles. The van der Waals surface area contributed by atoms with E-state index in [-0.39, 0.29) is 5.56 Å². The lowest BCUT2D eigenvalue weighted by atomic mass is 9.94. The van der Waals surface area contributed by atoms with Crippen LogP contribution in [-0.4, -0.2) is 40.4 Å². The van der Waals surface area contributed by atoms with Gasteiger partial charge in [0.1, 0.15) is 19.1 Å². The van der Waals surface area contributed by atoms with Gasteiger partial charge in [-0.2, -0.15) is 4.58 Å². The first-order valence-corrected chi connectivity index (χ1v) is 11.3. The van der Waals surface area contributed by atoms with E-state index in [4.69, 9.17) is 4.74 Å². The zero-order valence-electron chi connectivity index (χ0n) is 18.0. The fourth-order valence-corrected chi connectivity index (χ4v) is 5.30. The van der Waals surface area contributed by atoms with E-state index in [1.807, 2.05) is 42.5 Å². The molecule has 0 atom stereocenters. The van der Waals surface area contributed by atoms with Gasteiger partial charge in [0.15, 0.2) is 5.70 Å². The van der Waals surface area contributed by atoms with Gasteiger partial charge in [-0.1, -0.05) is 30.3 Å². The maximum absolute atomic E-state index is 12.9. The molecule has 4 aliphatic rings. The van der Waals surface area contributed by atoms with Crippen LogP contribution in [0.2, 0.25) is 0 Å². The Balaban J connectivity index is 1.28. The Morgan fingerprint density at radius 3 is 2.62 bits per heavy atom. The second-order valence-electron chi connectivity index (χ2n) is 8.89. The number of allylic oxidation sites excluding steroid dienone is 1. The second kappa shape index (κ2) is 7.61. The van der Waals surface area contributed by atoms with Crippen molar-refractivity contribution in [3.8, 4) is 11.4 Å². The van der Waals surface area contributed by atoms with Crippen molar-refractivity contribution in [1.29, 1.82) is 0 Å². The molecule has 1 fully saturated rings. The number of hydrogen-bond acceptors (Lipinski definition) is 3. The largest absolute Gasteiger partial charge is 0.489 e. The molecule has 4 aliphatic heterocycles. The van der Waals surface area contributed by atoms with Gasteiger partial charge in [0, 0.05) is 36.4 Å². The van der Waals surface area contributed by atoms with Crippen LogP contribution in [0.3, 0.4) is 0 Å². The molecule has 5 nitrogen and oxygen atoms in total. The van der Waals surface area contributed by atoms with E-state index >= 15 is 0 Å². The van der Waals surface area contributed by atoms with Gasteiger partial charge in [-0.05, 0) is 49.7 Å². The zero-order valence-corrected chi connectivity index (χ0v) is 18.0. The highest BCUT2D eigenvalue weighted by molar-refractivity contribution is 5.81. The summed E-state index contributed by atoms with van der Waals surface area (Å²) in [6.07, 6.45) is 4.20. The zero-order chi connectivity index (χ0) is 21.7. The van der Waals surface area contributed by atoms with Gasteiger partial charge in [-0.15, -0.1) is 0 Å². The van der Waals surface area contributed by atoms with E-state index in [1.54, 1.807) is 16.8 Å². The summed E-state index contributed by atoms with van der Waals surface area (Å²) in [5, 5.41) is 0. The second-order valence-corrected chi connectivity index (χ2v) is 8.89. The molecule has 0 saturated carbocycles. The van der Waals surface area contributed by atoms with Crippen LogP contribution >= 0.6 is 0 Å². The Kier molecular flexibility index (Phi) is 4.58. The summed E-state index contributed by atoms with van der Waals surface area (Å²) < 4.78 is 9.61.